The fraction of sp³-hybridized carbons (Fsp3) is 0.538. The van der Waals surface area contributed by atoms with Crippen LogP contribution in [0.5, 0.6) is 0 Å². The Labute approximate surface area is 123 Å². The average molecular weight is 322 g/mol. The first kappa shape index (κ1) is 18.0. The van der Waals surface area contributed by atoms with E-state index >= 15 is 0 Å². The summed E-state index contributed by atoms with van der Waals surface area (Å²) in [4.78, 5) is -0.585. The molecule has 5 nitrogen and oxygen atoms in total. The van der Waals surface area contributed by atoms with Crippen molar-refractivity contribution in [2.45, 2.75) is 30.8 Å². The number of hydrogen-bond acceptors (Lipinski definition) is 4. The molecular formula is C13H20F2N2O3S. The zero-order valence-electron chi connectivity index (χ0n) is 12.5. The van der Waals surface area contributed by atoms with E-state index in [1.807, 2.05) is 0 Å². The highest BCUT2D eigenvalue weighted by atomic mass is 32.2. The predicted molar refractivity (Wildman–Crippen MR) is 75.4 cm³/mol. The highest BCUT2D eigenvalue weighted by molar-refractivity contribution is 7.89. The van der Waals surface area contributed by atoms with Crippen molar-refractivity contribution in [2.75, 3.05) is 20.8 Å². The van der Waals surface area contributed by atoms with Crippen LogP contribution in [0, 0.1) is 11.6 Å². The molecule has 0 aliphatic rings. The van der Waals surface area contributed by atoms with Gasteiger partial charge in [0.1, 0.15) is 10.7 Å². The molecule has 0 radical (unpaired) electrons. The molecule has 0 saturated carbocycles. The normalized spacial score (nSPS) is 12.7. The summed E-state index contributed by atoms with van der Waals surface area (Å²) in [6.45, 7) is 3.20. The minimum Gasteiger partial charge on any atom is -0.383 e. The summed E-state index contributed by atoms with van der Waals surface area (Å²) in [6.07, 6.45) is 0. The number of ether oxygens (including phenoxy) is 1. The lowest BCUT2D eigenvalue weighted by Crippen LogP contribution is -2.46. The first-order valence-corrected chi connectivity index (χ1v) is 7.77. The van der Waals surface area contributed by atoms with Crippen molar-refractivity contribution in [1.29, 1.82) is 0 Å². The van der Waals surface area contributed by atoms with Gasteiger partial charge < -0.3 is 10.1 Å². The lowest BCUT2D eigenvalue weighted by atomic mass is 10.1. The highest BCUT2D eigenvalue weighted by Gasteiger charge is 2.29. The van der Waals surface area contributed by atoms with Crippen LogP contribution in [-0.4, -0.2) is 34.7 Å². The quantitative estimate of drug-likeness (QED) is 0.796. The van der Waals surface area contributed by atoms with Crippen LogP contribution in [0.1, 0.15) is 19.4 Å². The molecule has 0 amide bonds. The maximum absolute atomic E-state index is 14.2. The van der Waals surface area contributed by atoms with Gasteiger partial charge in [0.05, 0.1) is 12.1 Å². The fourth-order valence-electron chi connectivity index (χ4n) is 1.93. The van der Waals surface area contributed by atoms with Gasteiger partial charge in [-0.15, -0.1) is 0 Å². The van der Waals surface area contributed by atoms with Crippen LogP contribution in [0.25, 0.3) is 0 Å². The van der Waals surface area contributed by atoms with Gasteiger partial charge in [-0.3, -0.25) is 0 Å². The molecule has 0 heterocycles. The Balaban J connectivity index is 3.24. The Morgan fingerprint density at radius 1 is 1.29 bits per heavy atom. The van der Waals surface area contributed by atoms with Crippen LogP contribution in [0.4, 0.5) is 8.78 Å². The van der Waals surface area contributed by atoms with Gasteiger partial charge in [0.25, 0.3) is 0 Å². The molecule has 0 aliphatic carbocycles. The van der Waals surface area contributed by atoms with Crippen molar-refractivity contribution < 1.29 is 21.9 Å². The summed E-state index contributed by atoms with van der Waals surface area (Å²) in [5, 5.41) is 2.60. The molecule has 0 atom stereocenters. The van der Waals surface area contributed by atoms with Crippen LogP contribution in [0.3, 0.4) is 0 Å². The monoisotopic (exact) mass is 322 g/mol. The molecule has 1 aromatic carbocycles. The molecule has 1 rings (SSSR count). The third-order valence-electron chi connectivity index (χ3n) is 2.71. The molecule has 0 fully saturated rings. The summed E-state index contributed by atoms with van der Waals surface area (Å²) in [6, 6.07) is 1.85. The number of hydrogen-bond donors (Lipinski definition) is 2. The number of nitrogens with one attached hydrogen (secondary N) is 2. The largest absolute Gasteiger partial charge is 0.383 e. The third-order valence-corrected chi connectivity index (χ3v) is 4.43. The van der Waals surface area contributed by atoms with Crippen molar-refractivity contribution in [3.63, 3.8) is 0 Å². The van der Waals surface area contributed by atoms with Crippen LogP contribution in [0.2, 0.25) is 0 Å². The van der Waals surface area contributed by atoms with Crippen molar-refractivity contribution in [2.24, 2.45) is 0 Å². The Morgan fingerprint density at radius 3 is 2.43 bits per heavy atom. The molecule has 0 bridgehead atoms. The summed E-state index contributed by atoms with van der Waals surface area (Å²) < 4.78 is 59.6. The van der Waals surface area contributed by atoms with Gasteiger partial charge in [0.15, 0.2) is 5.82 Å². The standard InChI is InChI=1S/C13H20F2N2O3S/c1-13(2,8-20-4)17-21(18,19)11-6-5-10(14)9(7-16-3)12(11)15/h5-6,16-17H,7-8H2,1-4H3. The van der Waals surface area contributed by atoms with E-state index in [-0.39, 0.29) is 18.7 Å². The topological polar surface area (TPSA) is 67.4 Å². The van der Waals surface area contributed by atoms with Crippen LogP contribution < -0.4 is 10.0 Å². The van der Waals surface area contributed by atoms with Crippen molar-refractivity contribution >= 4 is 10.0 Å². The van der Waals surface area contributed by atoms with E-state index in [0.717, 1.165) is 12.1 Å². The molecule has 2 N–H and O–H groups in total. The van der Waals surface area contributed by atoms with Gasteiger partial charge >= 0.3 is 0 Å². The molecular weight excluding hydrogens is 302 g/mol. The molecule has 120 valence electrons. The zero-order valence-corrected chi connectivity index (χ0v) is 13.3. The second-order valence-electron chi connectivity index (χ2n) is 5.29. The average Bonchev–Trinajstić information content (AvgIpc) is 2.32. The van der Waals surface area contributed by atoms with Gasteiger partial charge in [0.2, 0.25) is 10.0 Å². The second-order valence-corrected chi connectivity index (χ2v) is 6.94. The molecule has 0 aliphatic heterocycles. The Bertz CT molecular complexity index is 604. The van der Waals surface area contributed by atoms with E-state index in [9.17, 15) is 17.2 Å². The Kier molecular flexibility index (Phi) is 5.80. The van der Waals surface area contributed by atoms with Crippen molar-refractivity contribution in [1.82, 2.24) is 10.0 Å². The van der Waals surface area contributed by atoms with Gasteiger partial charge in [0, 0.05) is 19.2 Å². The van der Waals surface area contributed by atoms with E-state index in [1.165, 1.54) is 14.2 Å². The molecule has 21 heavy (non-hydrogen) atoms. The van der Waals surface area contributed by atoms with Crippen molar-refractivity contribution in [3.05, 3.63) is 29.3 Å². The minimum absolute atomic E-state index is 0.109. The maximum Gasteiger partial charge on any atom is 0.244 e. The van der Waals surface area contributed by atoms with Gasteiger partial charge in [-0.1, -0.05) is 0 Å². The molecule has 0 spiro atoms. The number of halogens is 2. The number of rotatable bonds is 7. The fourth-order valence-corrected chi connectivity index (χ4v) is 3.43. The van der Waals surface area contributed by atoms with E-state index in [2.05, 4.69) is 10.0 Å². The summed E-state index contributed by atoms with van der Waals surface area (Å²) >= 11 is 0. The molecule has 0 aromatic heterocycles. The second kappa shape index (κ2) is 6.78. The maximum atomic E-state index is 14.2. The first-order valence-electron chi connectivity index (χ1n) is 6.29. The highest BCUT2D eigenvalue weighted by Crippen LogP contribution is 2.22. The summed E-state index contributed by atoms with van der Waals surface area (Å²) in [5.74, 6) is -1.89. The third kappa shape index (κ3) is 4.44. The smallest absolute Gasteiger partial charge is 0.244 e. The lowest BCUT2D eigenvalue weighted by molar-refractivity contribution is 0.141. The Hall–Kier alpha value is -1.09. The predicted octanol–water partition coefficient (Wildman–Crippen LogP) is 1.39. The molecule has 1 aromatic rings. The van der Waals surface area contributed by atoms with Crippen LogP contribution >= 0.6 is 0 Å². The Morgan fingerprint density at radius 2 is 1.90 bits per heavy atom. The van der Waals surface area contributed by atoms with Gasteiger partial charge in [-0.25, -0.2) is 21.9 Å². The number of sulfonamides is 1. The zero-order chi connectivity index (χ0) is 16.3. The minimum atomic E-state index is -4.13. The SMILES string of the molecule is CNCc1c(F)ccc(S(=O)(=O)NC(C)(C)COC)c1F. The lowest BCUT2D eigenvalue weighted by Gasteiger charge is -2.25. The molecule has 0 saturated heterocycles. The first-order chi connectivity index (χ1) is 9.64. The number of methoxy groups -OCH3 is 1. The van der Waals surface area contributed by atoms with Gasteiger partial charge in [-0.05, 0) is 33.0 Å². The van der Waals surface area contributed by atoms with E-state index in [0.29, 0.717) is 0 Å². The van der Waals surface area contributed by atoms with E-state index in [1.54, 1.807) is 13.8 Å². The van der Waals surface area contributed by atoms with Crippen molar-refractivity contribution in [3.8, 4) is 0 Å². The summed E-state index contributed by atoms with van der Waals surface area (Å²) in [5.41, 5.74) is -1.23. The van der Waals surface area contributed by atoms with Crippen LogP contribution in [-0.2, 0) is 21.3 Å². The van der Waals surface area contributed by atoms with Crippen LogP contribution in [0.15, 0.2) is 17.0 Å². The molecule has 0 unspecified atom stereocenters. The van der Waals surface area contributed by atoms with E-state index in [4.69, 9.17) is 4.74 Å². The number of benzene rings is 1. The van der Waals surface area contributed by atoms with Gasteiger partial charge in [-0.2, -0.15) is 0 Å². The summed E-state index contributed by atoms with van der Waals surface area (Å²) in [7, 11) is -1.18. The van der Waals surface area contributed by atoms with E-state index < -0.39 is 32.1 Å². The molecule has 8 heteroatoms.